The van der Waals surface area contributed by atoms with Gasteiger partial charge in [0.15, 0.2) is 16.9 Å². The summed E-state index contributed by atoms with van der Waals surface area (Å²) < 4.78 is 18.1. The van der Waals surface area contributed by atoms with E-state index in [9.17, 15) is 14.7 Å². The average Bonchev–Trinajstić information content (AvgIpc) is 3.29. The molecule has 0 aliphatic carbocycles. The smallest absolute Gasteiger partial charge is 0.354 e. The number of aromatic hydroxyl groups is 1. The first-order valence-corrected chi connectivity index (χ1v) is 11.4. The Morgan fingerprint density at radius 1 is 0.971 bits per heavy atom. The van der Waals surface area contributed by atoms with Gasteiger partial charge >= 0.3 is 5.63 Å². The van der Waals surface area contributed by atoms with Crippen LogP contribution in [-0.2, 0) is 0 Å². The van der Waals surface area contributed by atoms with Crippen molar-refractivity contribution in [3.8, 4) is 17.2 Å². The molecule has 0 saturated heterocycles. The van der Waals surface area contributed by atoms with Gasteiger partial charge in [0.2, 0.25) is 0 Å². The van der Waals surface area contributed by atoms with Gasteiger partial charge in [-0.25, -0.2) is 9.78 Å². The van der Waals surface area contributed by atoms with Crippen LogP contribution in [0.25, 0.3) is 38.7 Å². The molecule has 8 nitrogen and oxygen atoms in total. The zero-order valence-electron chi connectivity index (χ0n) is 18.2. The fourth-order valence-electron chi connectivity index (χ4n) is 4.04. The van der Waals surface area contributed by atoms with Gasteiger partial charge in [0.05, 0.1) is 12.6 Å². The molecule has 6 aromatic rings. The zero-order chi connectivity index (χ0) is 24.1. The monoisotopic (exact) mass is 484 g/mol. The lowest BCUT2D eigenvalue weighted by Crippen LogP contribution is -2.20. The van der Waals surface area contributed by atoms with Crippen molar-refractivity contribution in [2.24, 2.45) is 0 Å². The van der Waals surface area contributed by atoms with E-state index in [0.29, 0.717) is 33.4 Å². The number of nitrogens with zero attached hydrogens (tertiary/aromatic N) is 2. The first-order valence-electron chi connectivity index (χ1n) is 10.6. The van der Waals surface area contributed by atoms with Gasteiger partial charge in [-0.1, -0.05) is 30.3 Å². The van der Waals surface area contributed by atoms with Gasteiger partial charge in [-0.2, -0.15) is 0 Å². The van der Waals surface area contributed by atoms with Crippen LogP contribution in [0.5, 0.6) is 11.5 Å². The van der Waals surface area contributed by atoms with Crippen LogP contribution in [-0.4, -0.2) is 21.8 Å². The van der Waals surface area contributed by atoms with Crippen molar-refractivity contribution in [2.75, 3.05) is 7.11 Å². The van der Waals surface area contributed by atoms with Crippen molar-refractivity contribution in [3.63, 3.8) is 0 Å². The first kappa shape index (κ1) is 21.1. The topological polar surface area (TPSA) is 108 Å². The Hall–Kier alpha value is -4.50. The van der Waals surface area contributed by atoms with E-state index in [-0.39, 0.29) is 21.1 Å². The SMILES string of the molecule is COc1ccc2c3oc(=O)c(Sc4nc5ccccc5o4)c(O)c3c(=O)n(-c3ccccc3)c2c1. The molecule has 0 aliphatic rings. The van der Waals surface area contributed by atoms with Crippen molar-refractivity contribution in [1.29, 1.82) is 0 Å². The molecule has 0 atom stereocenters. The second-order valence-electron chi connectivity index (χ2n) is 7.68. The summed E-state index contributed by atoms with van der Waals surface area (Å²) in [7, 11) is 1.52. The quantitative estimate of drug-likeness (QED) is 0.344. The van der Waals surface area contributed by atoms with Crippen molar-refractivity contribution in [2.45, 2.75) is 10.1 Å². The summed E-state index contributed by atoms with van der Waals surface area (Å²) >= 11 is 0.801. The molecule has 0 saturated carbocycles. The predicted molar refractivity (Wildman–Crippen MR) is 132 cm³/mol. The predicted octanol–water partition coefficient (Wildman–Crippen LogP) is 5.10. The van der Waals surface area contributed by atoms with Crippen molar-refractivity contribution in [3.05, 3.63) is 93.6 Å². The Morgan fingerprint density at radius 3 is 2.51 bits per heavy atom. The van der Waals surface area contributed by atoms with E-state index in [2.05, 4.69) is 4.98 Å². The molecule has 3 aromatic carbocycles. The van der Waals surface area contributed by atoms with Crippen molar-refractivity contribution >= 4 is 44.7 Å². The molecule has 35 heavy (non-hydrogen) atoms. The third-order valence-corrected chi connectivity index (χ3v) is 6.56. The summed E-state index contributed by atoms with van der Waals surface area (Å²) in [6, 6.07) is 21.2. The van der Waals surface area contributed by atoms with Gasteiger partial charge in [-0.3, -0.25) is 9.36 Å². The van der Waals surface area contributed by atoms with Gasteiger partial charge in [0.25, 0.3) is 10.8 Å². The standard InChI is InChI=1S/C26H16N2O6S/c1-32-15-11-12-16-18(13-15)28(14-7-3-2-4-8-14)24(30)20-21(29)23(25(31)34-22(16)20)35-26-27-17-9-5-6-10-19(17)33-26/h2-13,29H,1H3. The summed E-state index contributed by atoms with van der Waals surface area (Å²) in [5.74, 6) is 0.0338. The Kier molecular flexibility index (Phi) is 4.85. The Bertz CT molecular complexity index is 1840. The fourth-order valence-corrected chi connectivity index (χ4v) is 4.81. The molecule has 0 amide bonds. The summed E-state index contributed by atoms with van der Waals surface area (Å²) in [6.07, 6.45) is 0. The highest BCUT2D eigenvalue weighted by atomic mass is 32.2. The highest BCUT2D eigenvalue weighted by Crippen LogP contribution is 2.38. The summed E-state index contributed by atoms with van der Waals surface area (Å²) in [5.41, 5.74) is 0.816. The number of ether oxygens (including phenoxy) is 1. The number of rotatable bonds is 4. The van der Waals surface area contributed by atoms with E-state index >= 15 is 0 Å². The number of fused-ring (bicyclic) bond motifs is 4. The van der Waals surface area contributed by atoms with Crippen LogP contribution in [0.3, 0.4) is 0 Å². The number of pyridine rings is 1. The molecule has 9 heteroatoms. The number of para-hydroxylation sites is 3. The van der Waals surface area contributed by atoms with E-state index in [1.807, 2.05) is 12.1 Å². The van der Waals surface area contributed by atoms with Crippen molar-refractivity contribution < 1.29 is 18.7 Å². The molecule has 0 bridgehead atoms. The van der Waals surface area contributed by atoms with E-state index in [4.69, 9.17) is 13.6 Å². The van der Waals surface area contributed by atoms with Gasteiger partial charge < -0.3 is 18.7 Å². The maximum atomic E-state index is 13.8. The third kappa shape index (κ3) is 3.36. The molecule has 0 radical (unpaired) electrons. The largest absolute Gasteiger partial charge is 0.505 e. The molecule has 3 aromatic heterocycles. The fraction of sp³-hybridized carbons (Fsp3) is 0.0385. The highest BCUT2D eigenvalue weighted by molar-refractivity contribution is 7.99. The summed E-state index contributed by atoms with van der Waals surface area (Å²) in [4.78, 5) is 30.9. The van der Waals surface area contributed by atoms with Crippen LogP contribution in [0.1, 0.15) is 0 Å². The van der Waals surface area contributed by atoms with Crippen LogP contribution in [0.4, 0.5) is 0 Å². The lowest BCUT2D eigenvalue weighted by atomic mass is 10.1. The molecule has 0 aliphatic heterocycles. The van der Waals surface area contributed by atoms with Crippen LogP contribution in [0.15, 0.2) is 101 Å². The normalized spacial score (nSPS) is 11.5. The first-order chi connectivity index (χ1) is 17.0. The van der Waals surface area contributed by atoms with Crippen LogP contribution >= 0.6 is 11.8 Å². The Balaban J connectivity index is 1.66. The minimum absolute atomic E-state index is 0.00995. The van der Waals surface area contributed by atoms with E-state index in [0.717, 1.165) is 11.8 Å². The Labute approximate surface area is 201 Å². The molecule has 3 heterocycles. The van der Waals surface area contributed by atoms with Gasteiger partial charge in [-0.05, 0) is 48.2 Å². The van der Waals surface area contributed by atoms with Gasteiger partial charge in [-0.15, -0.1) is 0 Å². The molecule has 0 spiro atoms. The minimum atomic E-state index is -0.809. The zero-order valence-corrected chi connectivity index (χ0v) is 19.0. The maximum Gasteiger partial charge on any atom is 0.354 e. The number of hydrogen-bond donors (Lipinski definition) is 1. The molecule has 0 fully saturated rings. The summed E-state index contributed by atoms with van der Waals surface area (Å²) in [6.45, 7) is 0. The maximum absolute atomic E-state index is 13.8. The van der Waals surface area contributed by atoms with E-state index in [1.165, 1.54) is 11.7 Å². The van der Waals surface area contributed by atoms with Gasteiger partial charge in [0, 0.05) is 17.1 Å². The molecular formula is C26H16N2O6S. The Morgan fingerprint density at radius 2 is 1.74 bits per heavy atom. The number of oxazole rings is 1. The summed E-state index contributed by atoms with van der Waals surface area (Å²) in [5, 5.41) is 11.7. The number of aromatic nitrogens is 2. The lowest BCUT2D eigenvalue weighted by Gasteiger charge is -2.14. The molecule has 0 unspecified atom stereocenters. The molecule has 6 rings (SSSR count). The van der Waals surface area contributed by atoms with Crippen LogP contribution in [0, 0.1) is 0 Å². The highest BCUT2D eigenvalue weighted by Gasteiger charge is 2.24. The van der Waals surface area contributed by atoms with E-state index < -0.39 is 16.9 Å². The number of methoxy groups -OCH3 is 1. The second-order valence-corrected chi connectivity index (χ2v) is 8.64. The number of benzene rings is 3. The molecule has 172 valence electrons. The second kappa shape index (κ2) is 8.07. The van der Waals surface area contributed by atoms with E-state index in [1.54, 1.807) is 60.7 Å². The van der Waals surface area contributed by atoms with Crippen molar-refractivity contribution in [1.82, 2.24) is 9.55 Å². The molecule has 1 N–H and O–H groups in total. The van der Waals surface area contributed by atoms with Crippen LogP contribution in [0.2, 0.25) is 0 Å². The van der Waals surface area contributed by atoms with Gasteiger partial charge in [0.1, 0.15) is 21.5 Å². The average molecular weight is 484 g/mol. The minimum Gasteiger partial charge on any atom is -0.505 e. The third-order valence-electron chi connectivity index (χ3n) is 5.64. The number of hydrogen-bond acceptors (Lipinski definition) is 8. The lowest BCUT2D eigenvalue weighted by molar-refractivity contribution is 0.415. The molecular weight excluding hydrogens is 468 g/mol. The van der Waals surface area contributed by atoms with Crippen LogP contribution < -0.4 is 15.9 Å².